The molecule has 0 radical (unpaired) electrons. The second-order valence-corrected chi connectivity index (χ2v) is 8.07. The lowest BCUT2D eigenvalue weighted by Crippen LogP contribution is -2.25. The SMILES string of the molecule is CC(C)c1cnn2c(NC3CCC4=C(C=CC4)C3)nc(-c3cncc(F)c3)nc12. The first kappa shape index (κ1) is 18.0. The highest BCUT2D eigenvalue weighted by Crippen LogP contribution is 2.34. The third kappa shape index (κ3) is 3.30. The van der Waals surface area contributed by atoms with Crippen LogP contribution < -0.4 is 5.32 Å². The topological polar surface area (TPSA) is 68.0 Å². The second kappa shape index (κ2) is 7.06. The normalized spacial score (nSPS) is 18.7. The number of aromatic nitrogens is 5. The van der Waals surface area contributed by atoms with Gasteiger partial charge in [0.1, 0.15) is 5.82 Å². The van der Waals surface area contributed by atoms with Gasteiger partial charge in [-0.15, -0.1) is 0 Å². The quantitative estimate of drug-likeness (QED) is 0.701. The van der Waals surface area contributed by atoms with Gasteiger partial charge in [0.05, 0.1) is 12.4 Å². The molecular weight excluding hydrogens is 367 g/mol. The summed E-state index contributed by atoms with van der Waals surface area (Å²) in [6, 6.07) is 1.69. The Morgan fingerprint density at radius 1 is 1.21 bits per heavy atom. The molecule has 0 aliphatic heterocycles. The summed E-state index contributed by atoms with van der Waals surface area (Å²) in [5, 5.41) is 8.12. The summed E-state index contributed by atoms with van der Waals surface area (Å²) in [6.45, 7) is 4.22. The first-order chi connectivity index (χ1) is 14.1. The molecule has 2 aliphatic rings. The first-order valence-corrected chi connectivity index (χ1v) is 10.1. The van der Waals surface area contributed by atoms with E-state index >= 15 is 0 Å². The van der Waals surface area contributed by atoms with Gasteiger partial charge in [-0.05, 0) is 43.2 Å². The van der Waals surface area contributed by atoms with Crippen molar-refractivity contribution in [1.82, 2.24) is 24.6 Å². The minimum atomic E-state index is -0.405. The van der Waals surface area contributed by atoms with E-state index in [1.165, 1.54) is 17.8 Å². The third-order valence-electron chi connectivity index (χ3n) is 5.71. The molecule has 2 aliphatic carbocycles. The second-order valence-electron chi connectivity index (χ2n) is 8.07. The number of nitrogens with one attached hydrogen (secondary N) is 1. The number of hydrogen-bond donors (Lipinski definition) is 1. The van der Waals surface area contributed by atoms with Gasteiger partial charge in [0, 0.05) is 23.4 Å². The van der Waals surface area contributed by atoms with Crippen molar-refractivity contribution in [3.8, 4) is 11.4 Å². The molecule has 1 unspecified atom stereocenters. The predicted octanol–water partition coefficient (Wildman–Crippen LogP) is 4.67. The Morgan fingerprint density at radius 2 is 2.10 bits per heavy atom. The lowest BCUT2D eigenvalue weighted by molar-refractivity contribution is 0.601. The average molecular weight is 390 g/mol. The summed E-state index contributed by atoms with van der Waals surface area (Å²) >= 11 is 0. The molecule has 1 N–H and O–H groups in total. The molecule has 3 aromatic rings. The molecule has 3 heterocycles. The van der Waals surface area contributed by atoms with Crippen LogP contribution in [0.2, 0.25) is 0 Å². The Hall–Kier alpha value is -3.09. The number of rotatable bonds is 4. The summed E-state index contributed by atoms with van der Waals surface area (Å²) < 4.78 is 15.5. The van der Waals surface area contributed by atoms with Crippen LogP contribution in [-0.4, -0.2) is 30.6 Å². The molecule has 0 saturated carbocycles. The van der Waals surface area contributed by atoms with E-state index in [0.29, 0.717) is 17.3 Å². The van der Waals surface area contributed by atoms with Crippen molar-refractivity contribution in [2.75, 3.05) is 5.32 Å². The predicted molar refractivity (Wildman–Crippen MR) is 110 cm³/mol. The van der Waals surface area contributed by atoms with Crippen molar-refractivity contribution in [3.05, 3.63) is 59.3 Å². The molecule has 0 amide bonds. The molecule has 0 saturated heterocycles. The lowest BCUT2D eigenvalue weighted by atomic mass is 9.90. The molecule has 7 heteroatoms. The van der Waals surface area contributed by atoms with E-state index in [0.717, 1.165) is 36.9 Å². The lowest BCUT2D eigenvalue weighted by Gasteiger charge is -2.25. The smallest absolute Gasteiger partial charge is 0.228 e. The van der Waals surface area contributed by atoms with Crippen molar-refractivity contribution in [2.24, 2.45) is 0 Å². The van der Waals surface area contributed by atoms with E-state index in [1.807, 2.05) is 6.20 Å². The van der Waals surface area contributed by atoms with Crippen LogP contribution >= 0.6 is 0 Å². The van der Waals surface area contributed by atoms with Crippen molar-refractivity contribution >= 4 is 11.6 Å². The number of fused-ring (bicyclic) bond motifs is 1. The zero-order valence-corrected chi connectivity index (χ0v) is 16.6. The Labute approximate surface area is 168 Å². The minimum absolute atomic E-state index is 0.264. The van der Waals surface area contributed by atoms with Gasteiger partial charge in [0.15, 0.2) is 11.5 Å². The maximum Gasteiger partial charge on any atom is 0.228 e. The standard InChI is InChI=1S/C22H23FN6/c1-13(2)19-12-25-29-21(19)27-20(16-8-17(23)11-24-10-16)28-22(29)26-18-7-6-14-4-3-5-15(14)9-18/h3,5,8,10-13,18H,4,6-7,9H2,1-2H3,(H,26,27,28). The highest BCUT2D eigenvalue weighted by molar-refractivity contribution is 5.62. The van der Waals surface area contributed by atoms with Crippen molar-refractivity contribution in [1.29, 1.82) is 0 Å². The molecule has 29 heavy (non-hydrogen) atoms. The molecule has 0 spiro atoms. The molecule has 3 aromatic heterocycles. The zero-order valence-electron chi connectivity index (χ0n) is 16.6. The van der Waals surface area contributed by atoms with Crippen LogP contribution in [0.15, 0.2) is 48.0 Å². The fourth-order valence-electron chi connectivity index (χ4n) is 4.15. The van der Waals surface area contributed by atoms with Crippen LogP contribution in [0.1, 0.15) is 51.0 Å². The van der Waals surface area contributed by atoms with Gasteiger partial charge in [0.2, 0.25) is 5.95 Å². The van der Waals surface area contributed by atoms with E-state index in [4.69, 9.17) is 9.97 Å². The van der Waals surface area contributed by atoms with Crippen LogP contribution in [0.3, 0.4) is 0 Å². The molecule has 1 atom stereocenters. The molecule has 6 nitrogen and oxygen atoms in total. The molecule has 148 valence electrons. The van der Waals surface area contributed by atoms with E-state index in [1.54, 1.807) is 16.3 Å². The molecule has 0 fully saturated rings. The summed E-state index contributed by atoms with van der Waals surface area (Å²) in [4.78, 5) is 13.4. The van der Waals surface area contributed by atoms with Crippen molar-refractivity contribution in [3.63, 3.8) is 0 Å². The Kier molecular flexibility index (Phi) is 4.38. The van der Waals surface area contributed by atoms with Crippen LogP contribution in [0, 0.1) is 5.82 Å². The van der Waals surface area contributed by atoms with Gasteiger partial charge < -0.3 is 5.32 Å². The van der Waals surface area contributed by atoms with E-state index in [9.17, 15) is 4.39 Å². The zero-order chi connectivity index (χ0) is 20.0. The van der Waals surface area contributed by atoms with Crippen molar-refractivity contribution < 1.29 is 4.39 Å². The maximum atomic E-state index is 13.7. The number of hydrogen-bond acceptors (Lipinski definition) is 5. The molecule has 0 aromatic carbocycles. The first-order valence-electron chi connectivity index (χ1n) is 10.1. The summed E-state index contributed by atoms with van der Waals surface area (Å²) in [5.74, 6) is 0.945. The fraction of sp³-hybridized carbons (Fsp3) is 0.364. The Morgan fingerprint density at radius 3 is 2.93 bits per heavy atom. The Balaban J connectivity index is 1.57. The van der Waals surface area contributed by atoms with Gasteiger partial charge in [-0.2, -0.15) is 14.6 Å². The Bertz CT molecular complexity index is 1140. The monoisotopic (exact) mass is 390 g/mol. The number of halogens is 1. The molecule has 5 rings (SSSR count). The number of nitrogens with zero attached hydrogens (tertiary/aromatic N) is 5. The molecular formula is C22H23FN6. The van der Waals surface area contributed by atoms with Crippen LogP contribution in [0.4, 0.5) is 10.3 Å². The van der Waals surface area contributed by atoms with Crippen LogP contribution in [0.5, 0.6) is 0 Å². The van der Waals surface area contributed by atoms with Gasteiger partial charge in [-0.3, -0.25) is 4.98 Å². The molecule has 0 bridgehead atoms. The number of pyridine rings is 1. The fourth-order valence-corrected chi connectivity index (χ4v) is 4.15. The minimum Gasteiger partial charge on any atom is -0.351 e. The van der Waals surface area contributed by atoms with Gasteiger partial charge in [0.25, 0.3) is 0 Å². The van der Waals surface area contributed by atoms with Gasteiger partial charge >= 0.3 is 0 Å². The highest BCUT2D eigenvalue weighted by atomic mass is 19.1. The van der Waals surface area contributed by atoms with E-state index in [-0.39, 0.29) is 12.0 Å². The summed E-state index contributed by atoms with van der Waals surface area (Å²) in [5.41, 5.74) is 5.33. The largest absolute Gasteiger partial charge is 0.351 e. The van der Waals surface area contributed by atoms with Gasteiger partial charge in [-0.25, -0.2) is 9.37 Å². The average Bonchev–Trinajstić information content (AvgIpc) is 3.34. The third-order valence-corrected chi connectivity index (χ3v) is 5.71. The van der Waals surface area contributed by atoms with E-state index in [2.05, 4.69) is 41.4 Å². The van der Waals surface area contributed by atoms with Gasteiger partial charge in [-0.1, -0.05) is 31.6 Å². The highest BCUT2D eigenvalue weighted by Gasteiger charge is 2.24. The number of allylic oxidation sites excluding steroid dienone is 3. The number of anilines is 1. The van der Waals surface area contributed by atoms with Crippen molar-refractivity contribution in [2.45, 2.75) is 51.5 Å². The summed E-state index contributed by atoms with van der Waals surface area (Å²) in [7, 11) is 0. The van der Waals surface area contributed by atoms with E-state index < -0.39 is 5.82 Å². The van der Waals surface area contributed by atoms with Crippen LogP contribution in [-0.2, 0) is 0 Å². The maximum absolute atomic E-state index is 13.7. The summed E-state index contributed by atoms with van der Waals surface area (Å²) in [6.07, 6.45) is 13.3. The van der Waals surface area contributed by atoms with Crippen LogP contribution in [0.25, 0.3) is 17.0 Å².